The van der Waals surface area contributed by atoms with Crippen molar-refractivity contribution in [2.45, 2.75) is 12.6 Å². The summed E-state index contributed by atoms with van der Waals surface area (Å²) in [7, 11) is 1.56. The Bertz CT molecular complexity index is 763. The largest absolute Gasteiger partial charge is 0.497 e. The van der Waals surface area contributed by atoms with E-state index in [2.05, 4.69) is 0 Å². The van der Waals surface area contributed by atoms with Crippen LogP contribution in [-0.4, -0.2) is 42.7 Å². The van der Waals surface area contributed by atoms with Crippen molar-refractivity contribution in [3.8, 4) is 11.5 Å². The molecule has 1 atom stereocenters. The molecule has 1 amide bonds. The molecule has 3 rings (SSSR count). The number of amides is 1. The second kappa shape index (κ2) is 7.55. The molecule has 0 bridgehead atoms. The number of fused-ring (bicyclic) bond motifs is 1. The van der Waals surface area contributed by atoms with Gasteiger partial charge >= 0.3 is 0 Å². The number of β-amino-alcohol motifs (C(OH)–C–C–N with tert-alkyl or cyclic N) is 1. The zero-order valence-corrected chi connectivity index (χ0v) is 14.1. The van der Waals surface area contributed by atoms with Gasteiger partial charge in [0.25, 0.3) is 5.91 Å². The molecule has 0 saturated carbocycles. The summed E-state index contributed by atoms with van der Waals surface area (Å²) in [4.78, 5) is 14.6. The van der Waals surface area contributed by atoms with E-state index in [0.717, 1.165) is 11.1 Å². The molecule has 6 heteroatoms. The monoisotopic (exact) mass is 342 g/mol. The van der Waals surface area contributed by atoms with Gasteiger partial charge in [0.05, 0.1) is 25.3 Å². The molecule has 0 aliphatic carbocycles. The molecule has 0 aromatic heterocycles. The zero-order valence-electron chi connectivity index (χ0n) is 14.1. The molecule has 1 aliphatic rings. The maximum Gasteiger partial charge on any atom is 0.258 e. The molecule has 0 radical (unpaired) electrons. The van der Waals surface area contributed by atoms with Crippen LogP contribution in [-0.2, 0) is 6.54 Å². The first kappa shape index (κ1) is 17.3. The van der Waals surface area contributed by atoms with E-state index in [1.807, 2.05) is 24.3 Å². The Hall–Kier alpha value is -2.57. The van der Waals surface area contributed by atoms with Crippen molar-refractivity contribution >= 4 is 5.91 Å². The maximum atomic E-state index is 13.0. The lowest BCUT2D eigenvalue weighted by atomic mass is 9.97. The Morgan fingerprint density at radius 2 is 2.12 bits per heavy atom. The van der Waals surface area contributed by atoms with Gasteiger partial charge < -0.3 is 25.2 Å². The highest BCUT2D eigenvalue weighted by molar-refractivity contribution is 5.97. The summed E-state index contributed by atoms with van der Waals surface area (Å²) in [6.45, 7) is 1.35. The van der Waals surface area contributed by atoms with Crippen molar-refractivity contribution in [2.24, 2.45) is 5.73 Å². The van der Waals surface area contributed by atoms with Crippen molar-refractivity contribution in [1.29, 1.82) is 0 Å². The van der Waals surface area contributed by atoms with Gasteiger partial charge in [-0.3, -0.25) is 4.79 Å². The van der Waals surface area contributed by atoms with E-state index in [4.69, 9.17) is 15.2 Å². The number of hydrogen-bond acceptors (Lipinski definition) is 5. The third-order valence-corrected chi connectivity index (χ3v) is 4.25. The smallest absolute Gasteiger partial charge is 0.258 e. The van der Waals surface area contributed by atoms with Crippen molar-refractivity contribution in [1.82, 2.24) is 4.90 Å². The topological polar surface area (TPSA) is 85.0 Å². The average molecular weight is 342 g/mol. The highest BCUT2D eigenvalue weighted by atomic mass is 16.5. The summed E-state index contributed by atoms with van der Waals surface area (Å²) >= 11 is 0. The minimum absolute atomic E-state index is 0.191. The molecular weight excluding hydrogens is 320 g/mol. The van der Waals surface area contributed by atoms with Gasteiger partial charge in [0.1, 0.15) is 18.1 Å². The molecule has 0 fully saturated rings. The van der Waals surface area contributed by atoms with Gasteiger partial charge in [-0.25, -0.2) is 0 Å². The van der Waals surface area contributed by atoms with Gasteiger partial charge in [-0.2, -0.15) is 0 Å². The molecule has 1 heterocycles. The molecule has 0 unspecified atom stereocenters. The van der Waals surface area contributed by atoms with Gasteiger partial charge in [-0.05, 0) is 23.3 Å². The van der Waals surface area contributed by atoms with Crippen LogP contribution in [0.15, 0.2) is 42.5 Å². The number of aliphatic hydroxyl groups is 1. The fourth-order valence-corrected chi connectivity index (χ4v) is 3.00. The highest BCUT2D eigenvalue weighted by Crippen LogP contribution is 2.30. The van der Waals surface area contributed by atoms with E-state index in [1.54, 1.807) is 30.2 Å². The number of rotatable bonds is 5. The average Bonchev–Trinajstić information content (AvgIpc) is 2.65. The van der Waals surface area contributed by atoms with Crippen LogP contribution in [0.2, 0.25) is 0 Å². The Labute approximate surface area is 146 Å². The second-order valence-electron chi connectivity index (χ2n) is 5.90. The van der Waals surface area contributed by atoms with Gasteiger partial charge in [-0.1, -0.05) is 24.3 Å². The van der Waals surface area contributed by atoms with E-state index in [0.29, 0.717) is 36.8 Å². The fraction of sp³-hybridized carbons (Fsp3) is 0.316. The summed E-state index contributed by atoms with van der Waals surface area (Å²) in [6.07, 6.45) is -0.694. The number of nitrogens with two attached hydrogens (primary N) is 1. The number of methoxy groups -OCH3 is 1. The van der Waals surface area contributed by atoms with E-state index in [-0.39, 0.29) is 12.5 Å². The normalized spacial score (nSPS) is 16.3. The van der Waals surface area contributed by atoms with Crippen molar-refractivity contribution in [3.63, 3.8) is 0 Å². The molecular formula is C19H22N2O4. The summed E-state index contributed by atoms with van der Waals surface area (Å²) in [6, 6.07) is 12.7. The van der Waals surface area contributed by atoms with E-state index < -0.39 is 6.10 Å². The van der Waals surface area contributed by atoms with Crippen LogP contribution >= 0.6 is 0 Å². The van der Waals surface area contributed by atoms with Crippen molar-refractivity contribution in [3.05, 3.63) is 59.2 Å². The summed E-state index contributed by atoms with van der Waals surface area (Å²) in [5.74, 6) is 0.846. The van der Waals surface area contributed by atoms with Crippen molar-refractivity contribution < 1.29 is 19.4 Å². The number of aliphatic hydroxyl groups excluding tert-OH is 1. The standard InChI is InChI=1S/C19H22N2O4/c1-24-14-6-7-16(18(10-14)25-9-8-20)19(23)21-11-13-4-2-3-5-15(13)17(22)12-21/h2-7,10,17,22H,8-9,11-12,20H2,1H3/t17-/m0/s1. The predicted molar refractivity (Wildman–Crippen MR) is 93.7 cm³/mol. The lowest BCUT2D eigenvalue weighted by Gasteiger charge is -2.32. The molecule has 6 nitrogen and oxygen atoms in total. The first-order valence-corrected chi connectivity index (χ1v) is 8.20. The number of carbonyl (C=O) groups excluding carboxylic acids is 1. The Balaban J connectivity index is 1.88. The molecule has 132 valence electrons. The molecule has 0 saturated heterocycles. The van der Waals surface area contributed by atoms with Gasteiger partial charge in [-0.15, -0.1) is 0 Å². The van der Waals surface area contributed by atoms with Gasteiger partial charge in [0.15, 0.2) is 0 Å². The molecule has 25 heavy (non-hydrogen) atoms. The van der Waals surface area contributed by atoms with Crippen LogP contribution in [0.3, 0.4) is 0 Å². The van der Waals surface area contributed by atoms with Gasteiger partial charge in [0, 0.05) is 19.2 Å². The van der Waals surface area contributed by atoms with Crippen LogP contribution in [0.1, 0.15) is 27.6 Å². The Morgan fingerprint density at radius 3 is 2.88 bits per heavy atom. The van der Waals surface area contributed by atoms with E-state index in [9.17, 15) is 9.90 Å². The maximum absolute atomic E-state index is 13.0. The number of ether oxygens (including phenoxy) is 2. The van der Waals surface area contributed by atoms with Crippen LogP contribution in [0.25, 0.3) is 0 Å². The lowest BCUT2D eigenvalue weighted by molar-refractivity contribution is 0.0546. The molecule has 2 aromatic carbocycles. The molecule has 1 aliphatic heterocycles. The zero-order chi connectivity index (χ0) is 17.8. The predicted octanol–water partition coefficient (Wildman–Crippen LogP) is 1.72. The van der Waals surface area contributed by atoms with Crippen LogP contribution in [0, 0.1) is 0 Å². The summed E-state index contributed by atoms with van der Waals surface area (Å²) in [5.41, 5.74) is 7.76. The number of nitrogens with zero attached hydrogens (tertiary/aromatic N) is 1. The minimum atomic E-state index is -0.694. The number of carbonyl (C=O) groups is 1. The fourth-order valence-electron chi connectivity index (χ4n) is 3.00. The van der Waals surface area contributed by atoms with Gasteiger partial charge in [0.2, 0.25) is 0 Å². The van der Waals surface area contributed by atoms with Crippen LogP contribution < -0.4 is 15.2 Å². The quantitative estimate of drug-likeness (QED) is 0.864. The SMILES string of the molecule is COc1ccc(C(=O)N2Cc3ccccc3[C@@H](O)C2)c(OCCN)c1. The molecule has 3 N–H and O–H groups in total. The first-order chi connectivity index (χ1) is 12.1. The van der Waals surface area contributed by atoms with Crippen LogP contribution in [0.5, 0.6) is 11.5 Å². The summed E-state index contributed by atoms with van der Waals surface area (Å²) < 4.78 is 10.8. The summed E-state index contributed by atoms with van der Waals surface area (Å²) in [5, 5.41) is 10.4. The highest BCUT2D eigenvalue weighted by Gasteiger charge is 2.28. The Kier molecular flexibility index (Phi) is 5.21. The minimum Gasteiger partial charge on any atom is -0.497 e. The Morgan fingerprint density at radius 1 is 1.32 bits per heavy atom. The van der Waals surface area contributed by atoms with E-state index in [1.165, 1.54) is 0 Å². The van der Waals surface area contributed by atoms with Crippen molar-refractivity contribution in [2.75, 3.05) is 26.8 Å². The second-order valence-corrected chi connectivity index (χ2v) is 5.90. The first-order valence-electron chi connectivity index (χ1n) is 8.20. The number of hydrogen-bond donors (Lipinski definition) is 2. The molecule has 2 aromatic rings. The molecule has 0 spiro atoms. The number of benzene rings is 2. The van der Waals surface area contributed by atoms with E-state index >= 15 is 0 Å². The third kappa shape index (κ3) is 3.60. The lowest BCUT2D eigenvalue weighted by Crippen LogP contribution is -2.38. The van der Waals surface area contributed by atoms with Crippen LogP contribution in [0.4, 0.5) is 0 Å². The third-order valence-electron chi connectivity index (χ3n) is 4.25.